The first-order valence-corrected chi connectivity index (χ1v) is 6.49. The van der Waals surface area contributed by atoms with Crippen LogP contribution in [-0.2, 0) is 14.3 Å². The van der Waals surface area contributed by atoms with E-state index in [0.29, 0.717) is 6.61 Å². The number of halogens is 1. The fourth-order valence-electron chi connectivity index (χ4n) is 2.30. The molecule has 1 amide bonds. The average Bonchev–Trinajstić information content (AvgIpc) is 2.23. The minimum absolute atomic E-state index is 0.0187. The highest BCUT2D eigenvalue weighted by molar-refractivity contribution is 6.32. The van der Waals surface area contributed by atoms with Crippen LogP contribution < -0.4 is 0 Å². The third kappa shape index (κ3) is 2.62. The minimum atomic E-state index is -0.700. The van der Waals surface area contributed by atoms with Crippen LogP contribution in [-0.4, -0.2) is 53.1 Å². The zero-order valence-electron chi connectivity index (χ0n) is 10.8. The number of fused-ring (bicyclic) bond motifs is 2. The van der Waals surface area contributed by atoms with Crippen LogP contribution in [0.1, 0.15) is 27.2 Å². The molecule has 0 aliphatic carbocycles. The first-order valence-electron chi connectivity index (χ1n) is 6.05. The Morgan fingerprint density at radius 2 is 2.11 bits per heavy atom. The number of piperidine rings is 1. The van der Waals surface area contributed by atoms with Crippen molar-refractivity contribution in [3.8, 4) is 0 Å². The summed E-state index contributed by atoms with van der Waals surface area (Å²) in [6, 6.07) is -0.664. The second-order valence-corrected chi connectivity index (χ2v) is 6.19. The fourth-order valence-corrected chi connectivity index (χ4v) is 2.58. The third-order valence-corrected chi connectivity index (χ3v) is 3.57. The van der Waals surface area contributed by atoms with Gasteiger partial charge in [-0.1, -0.05) is 0 Å². The van der Waals surface area contributed by atoms with Gasteiger partial charge >= 0.3 is 6.09 Å². The van der Waals surface area contributed by atoms with Crippen molar-refractivity contribution < 1.29 is 19.1 Å². The van der Waals surface area contributed by atoms with Gasteiger partial charge in [-0.15, -0.1) is 11.6 Å². The lowest BCUT2D eigenvalue weighted by molar-refractivity contribution is -0.133. The molecule has 2 saturated heterocycles. The predicted molar refractivity (Wildman–Crippen MR) is 65.7 cm³/mol. The molecule has 0 spiro atoms. The number of nitrogens with zero attached hydrogens (tertiary/aromatic N) is 1. The molecule has 2 fully saturated rings. The largest absolute Gasteiger partial charge is 0.444 e. The summed E-state index contributed by atoms with van der Waals surface area (Å²) in [6.07, 6.45) is -0.178. The molecule has 0 N–H and O–H groups in total. The number of Topliss-reactive ketones (excluding diaryl/α,β-unsaturated/α-hetero) is 1. The van der Waals surface area contributed by atoms with Gasteiger partial charge in [0.2, 0.25) is 0 Å². The van der Waals surface area contributed by atoms with Crippen molar-refractivity contribution in [1.29, 1.82) is 0 Å². The van der Waals surface area contributed by atoms with Crippen LogP contribution in [0.15, 0.2) is 0 Å². The molecule has 0 aromatic carbocycles. The molecule has 0 aromatic heterocycles. The summed E-state index contributed by atoms with van der Waals surface area (Å²) >= 11 is 6.06. The molecule has 18 heavy (non-hydrogen) atoms. The van der Waals surface area contributed by atoms with Crippen molar-refractivity contribution in [1.82, 2.24) is 4.90 Å². The lowest BCUT2D eigenvalue weighted by Crippen LogP contribution is -2.64. The molecule has 102 valence electrons. The smallest absolute Gasteiger partial charge is 0.411 e. The molecule has 2 heterocycles. The van der Waals surface area contributed by atoms with Gasteiger partial charge in [-0.2, -0.15) is 0 Å². The Morgan fingerprint density at radius 1 is 1.44 bits per heavy atom. The SMILES string of the molecule is CC(C)(C)OC(=O)N1C2COCC1C(Cl)C(=O)C2. The van der Waals surface area contributed by atoms with E-state index in [1.165, 1.54) is 0 Å². The van der Waals surface area contributed by atoms with Crippen LogP contribution in [0.5, 0.6) is 0 Å². The summed E-state index contributed by atoms with van der Waals surface area (Å²) in [5.41, 5.74) is -0.560. The summed E-state index contributed by atoms with van der Waals surface area (Å²) in [5, 5.41) is -0.700. The number of alkyl halides is 1. The van der Waals surface area contributed by atoms with Crippen molar-refractivity contribution in [3.05, 3.63) is 0 Å². The van der Waals surface area contributed by atoms with Crippen molar-refractivity contribution in [2.45, 2.75) is 50.3 Å². The average molecular weight is 276 g/mol. The second kappa shape index (κ2) is 4.70. The van der Waals surface area contributed by atoms with E-state index in [-0.39, 0.29) is 24.9 Å². The molecule has 0 saturated carbocycles. The minimum Gasteiger partial charge on any atom is -0.444 e. The van der Waals surface area contributed by atoms with Crippen molar-refractivity contribution >= 4 is 23.5 Å². The van der Waals surface area contributed by atoms with Crippen molar-refractivity contribution in [3.63, 3.8) is 0 Å². The Kier molecular flexibility index (Phi) is 3.56. The van der Waals surface area contributed by atoms with E-state index in [9.17, 15) is 9.59 Å². The van der Waals surface area contributed by atoms with Crippen LogP contribution in [0.2, 0.25) is 0 Å². The highest BCUT2D eigenvalue weighted by Gasteiger charge is 2.47. The Bertz CT molecular complexity index is 366. The molecule has 5 nitrogen and oxygen atoms in total. The molecule has 2 aliphatic rings. The topological polar surface area (TPSA) is 55.8 Å². The summed E-state index contributed by atoms with van der Waals surface area (Å²) in [6.45, 7) is 6.08. The van der Waals surface area contributed by atoms with E-state index in [0.717, 1.165) is 0 Å². The van der Waals surface area contributed by atoms with Crippen LogP contribution >= 0.6 is 11.6 Å². The highest BCUT2D eigenvalue weighted by Crippen LogP contribution is 2.30. The Morgan fingerprint density at radius 3 is 2.72 bits per heavy atom. The molecular weight excluding hydrogens is 258 g/mol. The van der Waals surface area contributed by atoms with Crippen LogP contribution in [0.25, 0.3) is 0 Å². The maximum atomic E-state index is 12.2. The molecular formula is C12H18ClNO4. The number of hydrogen-bond donors (Lipinski definition) is 0. The monoisotopic (exact) mass is 275 g/mol. The van der Waals surface area contributed by atoms with Gasteiger partial charge in [0, 0.05) is 6.42 Å². The van der Waals surface area contributed by atoms with Gasteiger partial charge in [0.15, 0.2) is 5.78 Å². The number of ketones is 1. The van der Waals surface area contributed by atoms with Crippen LogP contribution in [0, 0.1) is 0 Å². The molecule has 2 rings (SSSR count). The highest BCUT2D eigenvalue weighted by atomic mass is 35.5. The zero-order valence-corrected chi connectivity index (χ0v) is 11.6. The number of ether oxygens (including phenoxy) is 2. The van der Waals surface area contributed by atoms with E-state index >= 15 is 0 Å². The van der Waals surface area contributed by atoms with Gasteiger partial charge in [-0.3, -0.25) is 9.69 Å². The molecule has 3 atom stereocenters. The van der Waals surface area contributed by atoms with E-state index in [1.54, 1.807) is 4.90 Å². The summed E-state index contributed by atoms with van der Waals surface area (Å²) < 4.78 is 10.7. The number of morpholine rings is 1. The van der Waals surface area contributed by atoms with Gasteiger partial charge in [-0.25, -0.2) is 4.79 Å². The van der Waals surface area contributed by atoms with Crippen LogP contribution in [0.3, 0.4) is 0 Å². The number of carbonyl (C=O) groups is 2. The lowest BCUT2D eigenvalue weighted by atomic mass is 9.93. The Hall–Kier alpha value is -0.810. The zero-order chi connectivity index (χ0) is 13.5. The number of hydrogen-bond acceptors (Lipinski definition) is 4. The van der Waals surface area contributed by atoms with Gasteiger partial charge in [-0.05, 0) is 20.8 Å². The summed E-state index contributed by atoms with van der Waals surface area (Å²) in [7, 11) is 0. The standard InChI is InChI=1S/C12H18ClNO4/c1-12(2,3)18-11(16)14-7-4-9(15)10(13)8(14)6-17-5-7/h7-8,10H,4-6H2,1-3H3. The number of carbonyl (C=O) groups excluding carboxylic acids is 2. The van der Waals surface area contributed by atoms with E-state index in [4.69, 9.17) is 21.1 Å². The predicted octanol–water partition coefficient (Wildman–Crippen LogP) is 1.57. The van der Waals surface area contributed by atoms with Gasteiger partial charge in [0.1, 0.15) is 11.0 Å². The summed E-state index contributed by atoms with van der Waals surface area (Å²) in [4.78, 5) is 25.4. The maximum absolute atomic E-state index is 12.2. The van der Waals surface area contributed by atoms with Crippen molar-refractivity contribution in [2.24, 2.45) is 0 Å². The Labute approximate surface area is 111 Å². The van der Waals surface area contributed by atoms with Crippen molar-refractivity contribution in [2.75, 3.05) is 13.2 Å². The fraction of sp³-hybridized carbons (Fsp3) is 0.833. The lowest BCUT2D eigenvalue weighted by Gasteiger charge is -2.46. The van der Waals surface area contributed by atoms with Gasteiger partial charge < -0.3 is 9.47 Å². The molecule has 3 unspecified atom stereocenters. The van der Waals surface area contributed by atoms with Crippen LogP contribution in [0.4, 0.5) is 4.79 Å². The third-order valence-electron chi connectivity index (χ3n) is 3.04. The van der Waals surface area contributed by atoms with E-state index < -0.39 is 23.1 Å². The van der Waals surface area contributed by atoms with E-state index in [2.05, 4.69) is 0 Å². The second-order valence-electron chi connectivity index (χ2n) is 5.72. The molecule has 2 bridgehead atoms. The molecule has 0 radical (unpaired) electrons. The van der Waals surface area contributed by atoms with Gasteiger partial charge in [0.05, 0.1) is 25.3 Å². The van der Waals surface area contributed by atoms with Gasteiger partial charge in [0.25, 0.3) is 0 Å². The first-order chi connectivity index (χ1) is 8.29. The molecule has 2 aliphatic heterocycles. The first kappa shape index (κ1) is 13.6. The quantitative estimate of drug-likeness (QED) is 0.630. The van der Waals surface area contributed by atoms with E-state index in [1.807, 2.05) is 20.8 Å². The summed E-state index contributed by atoms with van der Waals surface area (Å²) in [5.74, 6) is -0.0187. The molecule has 6 heteroatoms. The normalized spacial score (nSPS) is 32.3. The number of rotatable bonds is 0. The Balaban J connectivity index is 2.16. The molecule has 0 aromatic rings. The number of amides is 1. The maximum Gasteiger partial charge on any atom is 0.411 e.